The summed E-state index contributed by atoms with van der Waals surface area (Å²) in [5, 5.41) is 5.88. The molecule has 1 aliphatic heterocycles. The Morgan fingerprint density at radius 2 is 1.88 bits per heavy atom. The smallest absolute Gasteiger partial charge is 0.410 e. The number of likely N-dealkylation sites (tertiary alicyclic amines) is 1. The molecule has 11 heteroatoms. The van der Waals surface area contributed by atoms with Crippen molar-refractivity contribution in [3.63, 3.8) is 0 Å². The molecule has 0 radical (unpaired) electrons. The Labute approximate surface area is 244 Å². The van der Waals surface area contributed by atoms with Crippen molar-refractivity contribution in [1.82, 2.24) is 14.9 Å². The molecule has 1 saturated heterocycles. The van der Waals surface area contributed by atoms with E-state index in [4.69, 9.17) is 21.1 Å². The summed E-state index contributed by atoms with van der Waals surface area (Å²) in [4.78, 5) is 48.8. The number of aromatic nitrogens is 2. The van der Waals surface area contributed by atoms with Gasteiger partial charge in [-0.25, -0.2) is 14.8 Å². The number of rotatable bonds is 7. The van der Waals surface area contributed by atoms with E-state index in [9.17, 15) is 14.4 Å². The number of hydrogen-bond donors (Lipinski definition) is 2. The van der Waals surface area contributed by atoms with E-state index in [1.807, 2.05) is 33.8 Å². The number of hydrogen-bond acceptors (Lipinski definition) is 7. The number of benzene rings is 1. The number of nitrogens with zero attached hydrogens (tertiary/aromatic N) is 3. The lowest BCUT2D eigenvalue weighted by atomic mass is 9.99. The first-order chi connectivity index (χ1) is 19.5. The van der Waals surface area contributed by atoms with Crippen LogP contribution in [0.15, 0.2) is 54.9 Å². The summed E-state index contributed by atoms with van der Waals surface area (Å²) in [6.45, 7) is 8.93. The minimum atomic E-state index is -0.564. The van der Waals surface area contributed by atoms with Crippen molar-refractivity contribution >= 4 is 41.0 Å². The number of ether oxygens (including phenoxy) is 2. The highest BCUT2D eigenvalue weighted by Crippen LogP contribution is 2.26. The summed E-state index contributed by atoms with van der Waals surface area (Å²) in [5.74, 6) is -0.196. The molecule has 41 heavy (non-hydrogen) atoms. The van der Waals surface area contributed by atoms with Gasteiger partial charge in [0.05, 0.1) is 22.9 Å². The van der Waals surface area contributed by atoms with E-state index < -0.39 is 17.4 Å². The number of pyridine rings is 2. The largest absolute Gasteiger partial charge is 0.492 e. The number of amides is 3. The number of piperidine rings is 1. The normalized spacial score (nSPS) is 15.1. The first-order valence-electron chi connectivity index (χ1n) is 13.4. The van der Waals surface area contributed by atoms with Gasteiger partial charge in [0, 0.05) is 31.4 Å². The lowest BCUT2D eigenvalue weighted by molar-refractivity contribution is 0.0139. The van der Waals surface area contributed by atoms with E-state index in [0.717, 1.165) is 18.4 Å². The molecule has 2 N–H and O–H groups in total. The summed E-state index contributed by atoms with van der Waals surface area (Å²) >= 11 is 5.87. The molecule has 1 unspecified atom stereocenters. The molecular weight excluding hydrogens is 546 g/mol. The van der Waals surface area contributed by atoms with Gasteiger partial charge in [-0.1, -0.05) is 17.7 Å². The van der Waals surface area contributed by atoms with Gasteiger partial charge in [0.25, 0.3) is 11.8 Å². The zero-order chi connectivity index (χ0) is 29.6. The minimum absolute atomic E-state index is 0.0246. The van der Waals surface area contributed by atoms with Crippen LogP contribution in [0.4, 0.5) is 16.3 Å². The number of halogens is 1. The van der Waals surface area contributed by atoms with Gasteiger partial charge >= 0.3 is 6.09 Å². The topological polar surface area (TPSA) is 123 Å². The van der Waals surface area contributed by atoms with Crippen LogP contribution < -0.4 is 15.4 Å². The summed E-state index contributed by atoms with van der Waals surface area (Å²) < 4.78 is 11.7. The molecule has 216 valence electrons. The highest BCUT2D eigenvalue weighted by molar-refractivity contribution is 6.30. The number of carbonyl (C=O) groups excluding carboxylic acids is 3. The third-order valence-electron chi connectivity index (χ3n) is 6.27. The van der Waals surface area contributed by atoms with Gasteiger partial charge in [-0.2, -0.15) is 0 Å². The summed E-state index contributed by atoms with van der Waals surface area (Å²) in [5.41, 5.74) is 0.927. The maximum Gasteiger partial charge on any atom is 0.410 e. The molecule has 0 saturated carbocycles. The fourth-order valence-corrected chi connectivity index (χ4v) is 4.45. The van der Waals surface area contributed by atoms with E-state index in [0.29, 0.717) is 41.8 Å². The van der Waals surface area contributed by atoms with Crippen LogP contribution in [0.5, 0.6) is 5.75 Å². The number of nitrogens with one attached hydrogen (secondary N) is 2. The van der Waals surface area contributed by atoms with Crippen LogP contribution in [-0.2, 0) is 4.74 Å². The van der Waals surface area contributed by atoms with Crippen LogP contribution in [0.25, 0.3) is 0 Å². The maximum absolute atomic E-state index is 13.4. The predicted octanol–water partition coefficient (Wildman–Crippen LogP) is 5.97. The molecule has 2 aromatic heterocycles. The second kappa shape index (κ2) is 13.0. The highest BCUT2D eigenvalue weighted by atomic mass is 35.5. The third-order valence-corrected chi connectivity index (χ3v) is 6.49. The molecule has 10 nitrogen and oxygen atoms in total. The Kier molecular flexibility index (Phi) is 9.44. The Hall–Kier alpha value is -4.18. The number of aryl methyl sites for hydroxylation is 1. The summed E-state index contributed by atoms with van der Waals surface area (Å²) in [6, 6.07) is 11.7. The minimum Gasteiger partial charge on any atom is -0.492 e. The average molecular weight is 580 g/mol. The van der Waals surface area contributed by atoms with Crippen molar-refractivity contribution < 1.29 is 23.9 Å². The van der Waals surface area contributed by atoms with Crippen molar-refractivity contribution in [3.05, 3.63) is 76.7 Å². The number of carbonyl (C=O) groups is 3. The van der Waals surface area contributed by atoms with Crippen LogP contribution in [0.3, 0.4) is 0 Å². The molecule has 3 aromatic rings. The first-order valence-corrected chi connectivity index (χ1v) is 13.8. The van der Waals surface area contributed by atoms with Crippen molar-refractivity contribution in [2.24, 2.45) is 5.92 Å². The molecule has 0 spiro atoms. The molecule has 3 heterocycles. The molecule has 4 rings (SSSR count). The summed E-state index contributed by atoms with van der Waals surface area (Å²) in [7, 11) is 0. The second-order valence-corrected chi connectivity index (χ2v) is 11.4. The monoisotopic (exact) mass is 579 g/mol. The third kappa shape index (κ3) is 8.40. The van der Waals surface area contributed by atoms with Crippen LogP contribution in [0.1, 0.15) is 60.0 Å². The van der Waals surface area contributed by atoms with Crippen molar-refractivity contribution in [3.8, 4) is 5.75 Å². The van der Waals surface area contributed by atoms with Gasteiger partial charge in [-0.05, 0) is 82.5 Å². The van der Waals surface area contributed by atoms with Gasteiger partial charge in [-0.15, -0.1) is 0 Å². The molecule has 1 atom stereocenters. The molecular formula is C30H34ClN5O5. The van der Waals surface area contributed by atoms with Crippen molar-refractivity contribution in [2.45, 2.75) is 46.1 Å². The lowest BCUT2D eigenvalue weighted by Gasteiger charge is -2.34. The van der Waals surface area contributed by atoms with E-state index in [1.165, 1.54) is 12.4 Å². The SMILES string of the molecule is Cc1ccc(C(=O)Nc2cccnc2C(=O)Nc2ccc(Cl)cn2)c(OCC2CCCN(C(=O)OC(C)(C)C)C2)c1. The zero-order valence-corrected chi connectivity index (χ0v) is 24.3. The van der Waals surface area contributed by atoms with Crippen LogP contribution in [0.2, 0.25) is 5.02 Å². The Bertz CT molecular complexity index is 1410. The average Bonchev–Trinajstić information content (AvgIpc) is 2.92. The van der Waals surface area contributed by atoms with Gasteiger partial charge in [0.1, 0.15) is 17.2 Å². The lowest BCUT2D eigenvalue weighted by Crippen LogP contribution is -2.44. The maximum atomic E-state index is 13.4. The Morgan fingerprint density at radius 1 is 1.07 bits per heavy atom. The second-order valence-electron chi connectivity index (χ2n) is 10.9. The molecule has 0 bridgehead atoms. The fourth-order valence-electron chi connectivity index (χ4n) is 4.34. The predicted molar refractivity (Wildman–Crippen MR) is 157 cm³/mol. The highest BCUT2D eigenvalue weighted by Gasteiger charge is 2.28. The van der Waals surface area contributed by atoms with Crippen molar-refractivity contribution in [1.29, 1.82) is 0 Å². The van der Waals surface area contributed by atoms with E-state index in [-0.39, 0.29) is 23.4 Å². The van der Waals surface area contributed by atoms with Gasteiger partial charge in [-0.3, -0.25) is 9.59 Å². The van der Waals surface area contributed by atoms with E-state index in [2.05, 4.69) is 20.6 Å². The number of anilines is 2. The first kappa shape index (κ1) is 29.8. The Balaban J connectivity index is 1.44. The van der Waals surface area contributed by atoms with Gasteiger partial charge in [0.2, 0.25) is 0 Å². The van der Waals surface area contributed by atoms with Gasteiger partial charge in [0.15, 0.2) is 5.69 Å². The molecule has 1 aliphatic rings. The van der Waals surface area contributed by atoms with Crippen LogP contribution in [0, 0.1) is 12.8 Å². The van der Waals surface area contributed by atoms with Gasteiger partial charge < -0.3 is 25.0 Å². The molecule has 1 fully saturated rings. The summed E-state index contributed by atoms with van der Waals surface area (Å²) in [6.07, 6.45) is 4.28. The zero-order valence-electron chi connectivity index (χ0n) is 23.6. The quantitative estimate of drug-likeness (QED) is 0.353. The van der Waals surface area contributed by atoms with Crippen LogP contribution >= 0.6 is 11.6 Å². The van der Waals surface area contributed by atoms with E-state index >= 15 is 0 Å². The standard InChI is InChI=1S/C30H34ClN5O5/c1-19-9-11-22(24(15-19)40-18-20-7-6-14-36(17-20)29(39)41-30(2,3)4)27(37)34-23-8-5-13-32-26(23)28(38)35-25-12-10-21(31)16-33-25/h5,8-13,15-16,20H,6-7,14,17-18H2,1-4H3,(H,34,37)(H,33,35,38). The molecule has 0 aliphatic carbocycles. The van der Waals surface area contributed by atoms with Crippen molar-refractivity contribution in [2.75, 3.05) is 30.3 Å². The van der Waals surface area contributed by atoms with E-state index in [1.54, 1.807) is 41.3 Å². The Morgan fingerprint density at radius 3 is 2.61 bits per heavy atom. The molecule has 3 amide bonds. The van der Waals surface area contributed by atoms with Crippen LogP contribution in [-0.4, -0.2) is 58.1 Å². The fraction of sp³-hybridized carbons (Fsp3) is 0.367. The molecule has 1 aromatic carbocycles.